The van der Waals surface area contributed by atoms with Gasteiger partial charge in [-0.15, -0.1) is 0 Å². The van der Waals surface area contributed by atoms with Crippen molar-refractivity contribution < 1.29 is 0 Å². The number of nitrogens with two attached hydrogens (primary N) is 1. The van der Waals surface area contributed by atoms with Crippen LogP contribution in [0.4, 0.5) is 11.4 Å². The van der Waals surface area contributed by atoms with Gasteiger partial charge in [0.05, 0.1) is 17.6 Å². The van der Waals surface area contributed by atoms with Gasteiger partial charge in [0.2, 0.25) is 0 Å². The number of aromatic nitrogens is 1. The number of nitrogens with one attached hydrogen (secondary N) is 1. The fourth-order valence-corrected chi connectivity index (χ4v) is 3.06. The molecule has 1 aromatic rings. The summed E-state index contributed by atoms with van der Waals surface area (Å²) in [4.78, 5) is 4.08. The van der Waals surface area contributed by atoms with Crippen molar-refractivity contribution >= 4 is 23.1 Å². The Morgan fingerprint density at radius 3 is 3.07 bits per heavy atom. The number of anilines is 2. The molecule has 0 aromatic carbocycles. The van der Waals surface area contributed by atoms with E-state index in [0.29, 0.717) is 6.04 Å². The van der Waals surface area contributed by atoms with E-state index in [-0.39, 0.29) is 0 Å². The Hall–Kier alpha value is -0.900. The minimum atomic E-state index is 0.573. The van der Waals surface area contributed by atoms with Crippen LogP contribution in [-0.2, 0) is 0 Å². The first-order valence-corrected chi connectivity index (χ1v) is 6.58. The SMILES string of the molecule is CSC1CCCC1Nc1cncc(N)c1. The quantitative estimate of drug-likeness (QED) is 0.826. The lowest BCUT2D eigenvalue weighted by molar-refractivity contribution is 0.768. The molecule has 82 valence electrons. The van der Waals surface area contributed by atoms with Gasteiger partial charge in [-0.1, -0.05) is 6.42 Å². The van der Waals surface area contributed by atoms with Crippen LogP contribution in [-0.4, -0.2) is 22.5 Å². The molecule has 0 amide bonds. The molecule has 2 atom stereocenters. The van der Waals surface area contributed by atoms with Crippen molar-refractivity contribution in [2.24, 2.45) is 0 Å². The van der Waals surface area contributed by atoms with E-state index >= 15 is 0 Å². The second-order valence-electron chi connectivity index (χ2n) is 3.96. The van der Waals surface area contributed by atoms with Crippen LogP contribution in [0, 0.1) is 0 Å². The average molecular weight is 223 g/mol. The summed E-state index contributed by atoms with van der Waals surface area (Å²) >= 11 is 1.95. The first-order chi connectivity index (χ1) is 7.29. The monoisotopic (exact) mass is 223 g/mol. The lowest BCUT2D eigenvalue weighted by atomic mass is 10.2. The zero-order valence-corrected chi connectivity index (χ0v) is 9.76. The summed E-state index contributed by atoms with van der Waals surface area (Å²) in [6.45, 7) is 0. The number of hydrogen-bond acceptors (Lipinski definition) is 4. The van der Waals surface area contributed by atoms with Crippen LogP contribution in [0.3, 0.4) is 0 Å². The van der Waals surface area contributed by atoms with E-state index in [2.05, 4.69) is 16.6 Å². The summed E-state index contributed by atoms with van der Waals surface area (Å²) in [5.41, 5.74) is 7.46. The summed E-state index contributed by atoms with van der Waals surface area (Å²) in [7, 11) is 0. The molecule has 0 saturated heterocycles. The number of nitrogens with zero attached hydrogens (tertiary/aromatic N) is 1. The van der Waals surface area contributed by atoms with E-state index in [1.54, 1.807) is 6.20 Å². The molecule has 1 saturated carbocycles. The van der Waals surface area contributed by atoms with Gasteiger partial charge >= 0.3 is 0 Å². The first-order valence-electron chi connectivity index (χ1n) is 5.29. The van der Waals surface area contributed by atoms with Crippen molar-refractivity contribution in [1.29, 1.82) is 0 Å². The van der Waals surface area contributed by atoms with Gasteiger partial charge in [-0.05, 0) is 25.2 Å². The van der Waals surface area contributed by atoms with E-state index in [1.807, 2.05) is 24.0 Å². The van der Waals surface area contributed by atoms with Gasteiger partial charge in [-0.2, -0.15) is 11.8 Å². The number of thioether (sulfide) groups is 1. The molecule has 1 fully saturated rings. The van der Waals surface area contributed by atoms with Gasteiger partial charge in [-0.25, -0.2) is 0 Å². The summed E-state index contributed by atoms with van der Waals surface area (Å²) in [6, 6.07) is 2.52. The zero-order valence-electron chi connectivity index (χ0n) is 8.94. The topological polar surface area (TPSA) is 50.9 Å². The third-order valence-electron chi connectivity index (χ3n) is 2.87. The second kappa shape index (κ2) is 4.75. The molecule has 3 N–H and O–H groups in total. The predicted molar refractivity (Wildman–Crippen MR) is 67.2 cm³/mol. The van der Waals surface area contributed by atoms with E-state index < -0.39 is 0 Å². The largest absolute Gasteiger partial charge is 0.397 e. The molecule has 1 aromatic heterocycles. The zero-order chi connectivity index (χ0) is 10.7. The molecule has 0 radical (unpaired) electrons. The number of rotatable bonds is 3. The number of pyridine rings is 1. The van der Waals surface area contributed by atoms with Crippen LogP contribution in [0.2, 0.25) is 0 Å². The lowest BCUT2D eigenvalue weighted by Gasteiger charge is -2.20. The molecule has 2 rings (SSSR count). The molecule has 3 nitrogen and oxygen atoms in total. The Morgan fingerprint density at radius 2 is 2.33 bits per heavy atom. The Bertz CT molecular complexity index is 329. The normalized spacial score (nSPS) is 25.4. The van der Waals surface area contributed by atoms with Crippen molar-refractivity contribution in [3.05, 3.63) is 18.5 Å². The molecular formula is C11H17N3S. The molecule has 2 unspecified atom stereocenters. The molecule has 0 bridgehead atoms. The Labute approximate surface area is 94.8 Å². The van der Waals surface area contributed by atoms with Gasteiger partial charge in [0.25, 0.3) is 0 Å². The molecule has 1 aliphatic carbocycles. The Kier molecular flexibility index (Phi) is 3.36. The van der Waals surface area contributed by atoms with Gasteiger partial charge < -0.3 is 11.1 Å². The van der Waals surface area contributed by atoms with Gasteiger partial charge in [0.15, 0.2) is 0 Å². The highest BCUT2D eigenvalue weighted by atomic mass is 32.2. The van der Waals surface area contributed by atoms with Crippen LogP contribution < -0.4 is 11.1 Å². The van der Waals surface area contributed by atoms with Crippen molar-refractivity contribution in [2.45, 2.75) is 30.6 Å². The average Bonchev–Trinajstić information content (AvgIpc) is 2.65. The van der Waals surface area contributed by atoms with Crippen molar-refractivity contribution in [2.75, 3.05) is 17.3 Å². The molecule has 15 heavy (non-hydrogen) atoms. The molecule has 1 heterocycles. The van der Waals surface area contributed by atoms with Crippen molar-refractivity contribution in [3.63, 3.8) is 0 Å². The van der Waals surface area contributed by atoms with E-state index in [1.165, 1.54) is 19.3 Å². The predicted octanol–water partition coefficient (Wildman–Crippen LogP) is 2.36. The Morgan fingerprint density at radius 1 is 1.47 bits per heavy atom. The minimum absolute atomic E-state index is 0.573. The number of nitrogen functional groups attached to an aromatic ring is 1. The van der Waals surface area contributed by atoms with Gasteiger partial charge in [0, 0.05) is 17.5 Å². The Balaban J connectivity index is 2.02. The third-order valence-corrected chi connectivity index (χ3v) is 4.04. The summed E-state index contributed by atoms with van der Waals surface area (Å²) in [6.07, 6.45) is 9.58. The summed E-state index contributed by atoms with van der Waals surface area (Å²) < 4.78 is 0. The highest BCUT2D eigenvalue weighted by molar-refractivity contribution is 7.99. The van der Waals surface area contributed by atoms with E-state index in [0.717, 1.165) is 16.6 Å². The maximum atomic E-state index is 5.69. The van der Waals surface area contributed by atoms with E-state index in [9.17, 15) is 0 Å². The minimum Gasteiger partial charge on any atom is -0.397 e. The highest BCUT2D eigenvalue weighted by Crippen LogP contribution is 2.30. The summed E-state index contributed by atoms with van der Waals surface area (Å²) in [5.74, 6) is 0. The maximum Gasteiger partial charge on any atom is 0.0549 e. The second-order valence-corrected chi connectivity index (χ2v) is 5.04. The van der Waals surface area contributed by atoms with Crippen LogP contribution in [0.1, 0.15) is 19.3 Å². The molecule has 0 spiro atoms. The third kappa shape index (κ3) is 2.56. The molecule has 0 aliphatic heterocycles. The van der Waals surface area contributed by atoms with Crippen LogP contribution in [0.25, 0.3) is 0 Å². The maximum absolute atomic E-state index is 5.69. The van der Waals surface area contributed by atoms with Crippen LogP contribution >= 0.6 is 11.8 Å². The standard InChI is InChI=1S/C11H17N3S/c1-15-11-4-2-3-10(11)14-9-5-8(12)6-13-7-9/h5-7,10-11,14H,2-4,12H2,1H3. The lowest BCUT2D eigenvalue weighted by Crippen LogP contribution is -2.25. The molecule has 1 aliphatic rings. The molecule has 4 heteroatoms. The fourth-order valence-electron chi connectivity index (χ4n) is 2.12. The highest BCUT2D eigenvalue weighted by Gasteiger charge is 2.26. The summed E-state index contributed by atoms with van der Waals surface area (Å²) in [5, 5.41) is 4.25. The fraction of sp³-hybridized carbons (Fsp3) is 0.545. The van der Waals surface area contributed by atoms with Crippen LogP contribution in [0.15, 0.2) is 18.5 Å². The van der Waals surface area contributed by atoms with Crippen LogP contribution in [0.5, 0.6) is 0 Å². The van der Waals surface area contributed by atoms with Crippen molar-refractivity contribution in [3.8, 4) is 0 Å². The first kappa shape index (κ1) is 10.6. The molecular weight excluding hydrogens is 206 g/mol. The number of hydrogen-bond donors (Lipinski definition) is 2. The smallest absolute Gasteiger partial charge is 0.0549 e. The van der Waals surface area contributed by atoms with Gasteiger partial charge in [0.1, 0.15) is 0 Å². The van der Waals surface area contributed by atoms with E-state index in [4.69, 9.17) is 5.73 Å². The van der Waals surface area contributed by atoms with Gasteiger partial charge in [-0.3, -0.25) is 4.98 Å². The van der Waals surface area contributed by atoms with Crippen molar-refractivity contribution in [1.82, 2.24) is 4.98 Å².